The molecule has 0 spiro atoms. The SMILES string of the molecule is CCC(O)(O)Cl.COC. The Balaban J connectivity index is 0. The average molecular weight is 157 g/mol. The molecule has 0 rings (SSSR count). The first-order chi connectivity index (χ1) is 3.97. The van der Waals surface area contributed by atoms with Crippen molar-refractivity contribution in [2.45, 2.75) is 18.6 Å². The average Bonchev–Trinajstić information content (AvgIpc) is 1.67. The molecule has 0 aliphatic heterocycles. The molecule has 0 aromatic rings. The minimum Gasteiger partial charge on any atom is -0.388 e. The van der Waals surface area contributed by atoms with Crippen molar-refractivity contribution in [1.29, 1.82) is 0 Å². The van der Waals surface area contributed by atoms with Crippen molar-refractivity contribution < 1.29 is 14.9 Å². The van der Waals surface area contributed by atoms with Crippen molar-refractivity contribution in [2.75, 3.05) is 14.2 Å². The fourth-order valence-electron chi connectivity index (χ4n) is 0. The molecule has 0 aliphatic rings. The predicted molar refractivity (Wildman–Crippen MR) is 36.2 cm³/mol. The van der Waals surface area contributed by atoms with E-state index in [1.165, 1.54) is 0 Å². The van der Waals surface area contributed by atoms with E-state index in [-0.39, 0.29) is 6.42 Å². The first-order valence-electron chi connectivity index (χ1n) is 2.51. The first-order valence-corrected chi connectivity index (χ1v) is 2.89. The maximum atomic E-state index is 8.15. The van der Waals surface area contributed by atoms with Gasteiger partial charge in [-0.1, -0.05) is 18.5 Å². The standard InChI is InChI=1S/C3H7ClO2.C2H6O/c1-2-3(4,5)6;1-3-2/h5-6H,2H2,1H3;1-2H3. The molecule has 0 atom stereocenters. The molecule has 0 aliphatic carbocycles. The molecule has 0 heterocycles. The fraction of sp³-hybridized carbons (Fsp3) is 1.00. The molecule has 0 unspecified atom stereocenters. The van der Waals surface area contributed by atoms with Gasteiger partial charge in [0.25, 0.3) is 0 Å². The summed E-state index contributed by atoms with van der Waals surface area (Å²) in [6, 6.07) is 0. The molecule has 2 N–H and O–H groups in total. The molecule has 3 nitrogen and oxygen atoms in total. The van der Waals surface area contributed by atoms with Gasteiger partial charge in [-0.05, 0) is 0 Å². The van der Waals surface area contributed by atoms with Gasteiger partial charge in [-0.15, -0.1) is 0 Å². The van der Waals surface area contributed by atoms with Crippen molar-refractivity contribution in [1.82, 2.24) is 0 Å². The molecule has 0 saturated carbocycles. The molecule has 0 radical (unpaired) electrons. The van der Waals surface area contributed by atoms with E-state index in [4.69, 9.17) is 21.8 Å². The van der Waals surface area contributed by atoms with Crippen LogP contribution >= 0.6 is 11.6 Å². The van der Waals surface area contributed by atoms with Crippen LogP contribution < -0.4 is 0 Å². The number of hydrogen-bond donors (Lipinski definition) is 2. The summed E-state index contributed by atoms with van der Waals surface area (Å²) in [6.07, 6.45) is 0.147. The van der Waals surface area contributed by atoms with Gasteiger partial charge in [0.05, 0.1) is 0 Å². The van der Waals surface area contributed by atoms with Gasteiger partial charge < -0.3 is 14.9 Å². The van der Waals surface area contributed by atoms with Crippen LogP contribution in [0.25, 0.3) is 0 Å². The summed E-state index contributed by atoms with van der Waals surface area (Å²) in [5.74, 6) is 0. The zero-order valence-corrected chi connectivity index (χ0v) is 6.64. The van der Waals surface area contributed by atoms with Gasteiger partial charge in [0.15, 0.2) is 0 Å². The molecular formula is C5H13ClO3. The number of rotatable bonds is 1. The van der Waals surface area contributed by atoms with Crippen molar-refractivity contribution in [3.63, 3.8) is 0 Å². The number of alkyl halides is 1. The third-order valence-electron chi connectivity index (χ3n) is 0.450. The second kappa shape index (κ2) is 6.29. The van der Waals surface area contributed by atoms with Crippen LogP contribution in [-0.4, -0.2) is 29.7 Å². The lowest BCUT2D eigenvalue weighted by atomic mass is 10.5. The van der Waals surface area contributed by atoms with E-state index in [2.05, 4.69) is 4.74 Å². The van der Waals surface area contributed by atoms with E-state index >= 15 is 0 Å². The summed E-state index contributed by atoms with van der Waals surface area (Å²) >= 11 is 4.83. The highest BCUT2D eigenvalue weighted by molar-refractivity contribution is 6.21. The summed E-state index contributed by atoms with van der Waals surface area (Å²) in [5, 5.41) is 14.3. The molecule has 0 aromatic heterocycles. The first kappa shape index (κ1) is 11.9. The highest BCUT2D eigenvalue weighted by Crippen LogP contribution is 2.08. The number of methoxy groups -OCH3 is 1. The molecule has 0 saturated heterocycles. The molecule has 0 amide bonds. The van der Waals surface area contributed by atoms with E-state index in [0.717, 1.165) is 0 Å². The Morgan fingerprint density at radius 2 is 1.56 bits per heavy atom. The Morgan fingerprint density at radius 1 is 1.44 bits per heavy atom. The smallest absolute Gasteiger partial charge is 0.243 e. The van der Waals surface area contributed by atoms with Crippen LogP contribution in [0.5, 0.6) is 0 Å². The van der Waals surface area contributed by atoms with Gasteiger partial charge in [0.2, 0.25) is 5.25 Å². The molecular weight excluding hydrogens is 144 g/mol. The third-order valence-corrected chi connectivity index (χ3v) is 0.717. The maximum Gasteiger partial charge on any atom is 0.243 e. The van der Waals surface area contributed by atoms with Gasteiger partial charge in [-0.3, -0.25) is 0 Å². The zero-order valence-electron chi connectivity index (χ0n) is 5.89. The van der Waals surface area contributed by atoms with E-state index in [0.29, 0.717) is 0 Å². The van der Waals surface area contributed by atoms with Crippen LogP contribution in [0.3, 0.4) is 0 Å². The number of hydrogen-bond acceptors (Lipinski definition) is 3. The maximum absolute atomic E-state index is 8.15. The summed E-state index contributed by atoms with van der Waals surface area (Å²) in [4.78, 5) is 0. The largest absolute Gasteiger partial charge is 0.388 e. The van der Waals surface area contributed by atoms with Gasteiger partial charge in [0.1, 0.15) is 0 Å². The molecule has 0 aromatic carbocycles. The van der Waals surface area contributed by atoms with Gasteiger partial charge in [-0.2, -0.15) is 0 Å². The zero-order chi connectivity index (χ0) is 7.91. The van der Waals surface area contributed by atoms with Crippen LogP contribution in [0, 0.1) is 0 Å². The lowest BCUT2D eigenvalue weighted by Crippen LogP contribution is -2.16. The van der Waals surface area contributed by atoms with Crippen molar-refractivity contribution in [3.05, 3.63) is 0 Å². The van der Waals surface area contributed by atoms with Gasteiger partial charge in [-0.25, -0.2) is 0 Å². The quantitative estimate of drug-likeness (QED) is 0.430. The predicted octanol–water partition coefficient (Wildman–Crippen LogP) is 0.536. The Morgan fingerprint density at radius 3 is 1.56 bits per heavy atom. The number of aliphatic hydroxyl groups is 2. The van der Waals surface area contributed by atoms with E-state index in [9.17, 15) is 0 Å². The van der Waals surface area contributed by atoms with E-state index in [1.807, 2.05) is 0 Å². The summed E-state index contributed by atoms with van der Waals surface area (Å²) in [5.41, 5.74) is 0. The van der Waals surface area contributed by atoms with Crippen molar-refractivity contribution in [2.24, 2.45) is 0 Å². The lowest BCUT2D eigenvalue weighted by Gasteiger charge is -2.06. The van der Waals surface area contributed by atoms with Crippen LogP contribution in [0.15, 0.2) is 0 Å². The summed E-state index contributed by atoms with van der Waals surface area (Å²) in [6.45, 7) is 1.58. The normalized spacial score (nSPS) is 10.0. The molecule has 9 heavy (non-hydrogen) atoms. The molecule has 4 heteroatoms. The highest BCUT2D eigenvalue weighted by Gasteiger charge is 2.12. The number of ether oxygens (including phenoxy) is 1. The molecule has 0 fully saturated rings. The Bertz CT molecular complexity index is 50.7. The highest BCUT2D eigenvalue weighted by atomic mass is 35.5. The second-order valence-electron chi connectivity index (χ2n) is 1.48. The monoisotopic (exact) mass is 156 g/mol. The van der Waals surface area contributed by atoms with Crippen LogP contribution in [-0.2, 0) is 4.74 Å². The van der Waals surface area contributed by atoms with Crippen LogP contribution in [0.4, 0.5) is 0 Å². The Hall–Kier alpha value is 0.170. The van der Waals surface area contributed by atoms with E-state index < -0.39 is 5.25 Å². The molecule has 0 bridgehead atoms. The third kappa shape index (κ3) is 31.0. The van der Waals surface area contributed by atoms with Gasteiger partial charge in [0, 0.05) is 20.6 Å². The summed E-state index contributed by atoms with van der Waals surface area (Å²) < 4.78 is 4.25. The van der Waals surface area contributed by atoms with Gasteiger partial charge >= 0.3 is 0 Å². The van der Waals surface area contributed by atoms with Crippen LogP contribution in [0.1, 0.15) is 13.3 Å². The Kier molecular flexibility index (Phi) is 8.32. The fourth-order valence-corrected chi connectivity index (χ4v) is 0. The lowest BCUT2D eigenvalue weighted by molar-refractivity contribution is -0.0857. The van der Waals surface area contributed by atoms with Crippen LogP contribution in [0.2, 0.25) is 0 Å². The van der Waals surface area contributed by atoms with Crippen molar-refractivity contribution >= 4 is 11.6 Å². The second-order valence-corrected chi connectivity index (χ2v) is 2.09. The molecule has 58 valence electrons. The minimum atomic E-state index is -1.99. The minimum absolute atomic E-state index is 0.147. The topological polar surface area (TPSA) is 49.7 Å². The number of halogens is 1. The Labute approximate surface area is 60.2 Å². The summed E-state index contributed by atoms with van der Waals surface area (Å²) in [7, 11) is 3.25. The van der Waals surface area contributed by atoms with Crippen molar-refractivity contribution in [3.8, 4) is 0 Å². The van der Waals surface area contributed by atoms with E-state index in [1.54, 1.807) is 21.1 Å².